The Morgan fingerprint density at radius 3 is 2.56 bits per heavy atom. The number of carboxylic acid groups (broad SMARTS) is 1. The van der Waals surface area contributed by atoms with Gasteiger partial charge in [-0.1, -0.05) is 13.0 Å². The Bertz CT molecular complexity index is 409. The zero-order chi connectivity index (χ0) is 12.1. The fourth-order valence-corrected chi connectivity index (χ4v) is 1.34. The summed E-state index contributed by atoms with van der Waals surface area (Å²) in [4.78, 5) is 21.7. The predicted molar refractivity (Wildman–Crippen MR) is 59.0 cm³/mol. The number of rotatable bonds is 5. The number of ether oxygens (including phenoxy) is 1. The van der Waals surface area contributed by atoms with Gasteiger partial charge >= 0.3 is 5.97 Å². The van der Waals surface area contributed by atoms with Crippen LogP contribution in [-0.2, 0) is 11.2 Å². The van der Waals surface area contributed by atoms with Crippen molar-refractivity contribution in [3.05, 3.63) is 29.3 Å². The van der Waals surface area contributed by atoms with E-state index in [9.17, 15) is 9.59 Å². The first-order valence-electron chi connectivity index (χ1n) is 5.03. The third-order valence-electron chi connectivity index (χ3n) is 2.18. The first kappa shape index (κ1) is 12.2. The average Bonchev–Trinajstić information content (AvgIpc) is 2.25. The Balaban J connectivity index is 2.98. The van der Waals surface area contributed by atoms with E-state index in [1.807, 2.05) is 13.0 Å². The lowest BCUT2D eigenvalue weighted by Crippen LogP contribution is -2.11. The average molecular weight is 222 g/mol. The molecular weight excluding hydrogens is 208 g/mol. The molecule has 0 fully saturated rings. The van der Waals surface area contributed by atoms with Crippen LogP contribution in [0.5, 0.6) is 5.75 Å². The maximum absolute atomic E-state index is 11.4. The lowest BCUT2D eigenvalue weighted by atomic mass is 10.1. The van der Waals surface area contributed by atoms with E-state index in [4.69, 9.17) is 9.84 Å². The summed E-state index contributed by atoms with van der Waals surface area (Å²) in [6.07, 6.45) is 0.819. The monoisotopic (exact) mass is 222 g/mol. The van der Waals surface area contributed by atoms with Gasteiger partial charge in [-0.3, -0.25) is 4.79 Å². The van der Waals surface area contributed by atoms with Gasteiger partial charge in [0.2, 0.25) is 0 Å². The Hall–Kier alpha value is -1.84. The summed E-state index contributed by atoms with van der Waals surface area (Å²) in [5.74, 6) is -0.864. The van der Waals surface area contributed by atoms with Crippen molar-refractivity contribution >= 4 is 11.8 Å². The van der Waals surface area contributed by atoms with E-state index in [-0.39, 0.29) is 5.78 Å². The number of carbonyl (C=O) groups excluding carboxylic acids is 1. The second kappa shape index (κ2) is 5.30. The van der Waals surface area contributed by atoms with Crippen LogP contribution in [0.1, 0.15) is 29.8 Å². The first-order valence-corrected chi connectivity index (χ1v) is 5.03. The molecule has 0 atom stereocenters. The quantitative estimate of drug-likeness (QED) is 0.773. The van der Waals surface area contributed by atoms with Gasteiger partial charge in [-0.05, 0) is 31.0 Å². The van der Waals surface area contributed by atoms with Crippen LogP contribution < -0.4 is 4.74 Å². The summed E-state index contributed by atoms with van der Waals surface area (Å²) >= 11 is 0. The van der Waals surface area contributed by atoms with Gasteiger partial charge in [0.1, 0.15) is 5.75 Å². The molecule has 0 aromatic heterocycles. The molecule has 0 radical (unpaired) electrons. The third kappa shape index (κ3) is 3.08. The normalized spacial score (nSPS) is 9.88. The predicted octanol–water partition coefficient (Wildman–Crippen LogP) is 1.92. The minimum atomic E-state index is -1.06. The van der Waals surface area contributed by atoms with Crippen molar-refractivity contribution in [3.63, 3.8) is 0 Å². The van der Waals surface area contributed by atoms with Crippen molar-refractivity contribution in [2.45, 2.75) is 20.3 Å². The number of Topliss-reactive ketones (excluding diaryl/α,β-unsaturated/α-hetero) is 1. The molecule has 0 aliphatic carbocycles. The highest BCUT2D eigenvalue weighted by Crippen LogP contribution is 2.21. The van der Waals surface area contributed by atoms with Crippen LogP contribution in [0.2, 0.25) is 0 Å². The number of aliphatic carboxylic acids is 1. The molecule has 4 nitrogen and oxygen atoms in total. The molecule has 0 bridgehead atoms. The molecule has 0 saturated carbocycles. The second-order valence-corrected chi connectivity index (χ2v) is 3.42. The van der Waals surface area contributed by atoms with Crippen molar-refractivity contribution in [1.82, 2.24) is 0 Å². The number of carbonyl (C=O) groups is 2. The van der Waals surface area contributed by atoms with Crippen LogP contribution in [0.25, 0.3) is 0 Å². The molecule has 0 aliphatic heterocycles. The zero-order valence-electron chi connectivity index (χ0n) is 9.32. The summed E-state index contributed by atoms with van der Waals surface area (Å²) in [5, 5.41) is 8.50. The van der Waals surface area contributed by atoms with E-state index in [0.29, 0.717) is 11.3 Å². The molecule has 1 N–H and O–H groups in total. The van der Waals surface area contributed by atoms with Gasteiger partial charge in [0.25, 0.3) is 0 Å². The van der Waals surface area contributed by atoms with Gasteiger partial charge in [0, 0.05) is 0 Å². The van der Waals surface area contributed by atoms with Gasteiger partial charge in [-0.15, -0.1) is 0 Å². The van der Waals surface area contributed by atoms with E-state index in [1.165, 1.54) is 6.92 Å². The van der Waals surface area contributed by atoms with Crippen LogP contribution in [0.15, 0.2) is 18.2 Å². The van der Waals surface area contributed by atoms with Gasteiger partial charge in [-0.2, -0.15) is 0 Å². The molecule has 0 amide bonds. The molecule has 0 aliphatic rings. The Kier molecular flexibility index (Phi) is 4.05. The largest absolute Gasteiger partial charge is 0.481 e. The van der Waals surface area contributed by atoms with Crippen LogP contribution in [0.4, 0.5) is 0 Å². The van der Waals surface area contributed by atoms with E-state index in [0.717, 1.165) is 12.0 Å². The van der Waals surface area contributed by atoms with Crippen LogP contribution in [0, 0.1) is 0 Å². The summed E-state index contributed by atoms with van der Waals surface area (Å²) in [5.41, 5.74) is 1.45. The topological polar surface area (TPSA) is 63.6 Å². The second-order valence-electron chi connectivity index (χ2n) is 3.42. The summed E-state index contributed by atoms with van der Waals surface area (Å²) in [6.45, 7) is 2.98. The standard InChI is InChI=1S/C12H14O4/c1-3-9-4-5-11(16-7-12(14)15)10(6-9)8(2)13/h4-6H,3,7H2,1-2H3,(H,14,15). The molecule has 1 aromatic carbocycles. The Morgan fingerprint density at radius 1 is 1.38 bits per heavy atom. The molecule has 0 heterocycles. The summed E-state index contributed by atoms with van der Waals surface area (Å²) in [6, 6.07) is 5.20. The van der Waals surface area contributed by atoms with Crippen molar-refractivity contribution in [2.75, 3.05) is 6.61 Å². The van der Waals surface area contributed by atoms with Crippen LogP contribution >= 0.6 is 0 Å². The van der Waals surface area contributed by atoms with E-state index in [1.54, 1.807) is 12.1 Å². The zero-order valence-corrected chi connectivity index (χ0v) is 9.32. The lowest BCUT2D eigenvalue weighted by molar-refractivity contribution is -0.139. The maximum atomic E-state index is 11.4. The highest BCUT2D eigenvalue weighted by molar-refractivity contribution is 5.97. The minimum absolute atomic E-state index is 0.129. The molecule has 0 spiro atoms. The minimum Gasteiger partial charge on any atom is -0.481 e. The lowest BCUT2D eigenvalue weighted by Gasteiger charge is -2.09. The number of aryl methyl sites for hydroxylation is 1. The molecule has 1 aromatic rings. The number of hydrogen-bond donors (Lipinski definition) is 1. The molecule has 0 unspecified atom stereocenters. The molecule has 1 rings (SSSR count). The first-order chi connectivity index (χ1) is 7.54. The number of benzene rings is 1. The number of hydrogen-bond acceptors (Lipinski definition) is 3. The fourth-order valence-electron chi connectivity index (χ4n) is 1.34. The SMILES string of the molecule is CCc1ccc(OCC(=O)O)c(C(C)=O)c1. The molecular formula is C12H14O4. The van der Waals surface area contributed by atoms with Crippen molar-refractivity contribution in [2.24, 2.45) is 0 Å². The highest BCUT2D eigenvalue weighted by atomic mass is 16.5. The Morgan fingerprint density at radius 2 is 2.06 bits per heavy atom. The van der Waals surface area contributed by atoms with Gasteiger partial charge in [0.15, 0.2) is 12.4 Å². The Labute approximate surface area is 93.9 Å². The number of ketones is 1. The van der Waals surface area contributed by atoms with Crippen molar-refractivity contribution < 1.29 is 19.4 Å². The molecule has 16 heavy (non-hydrogen) atoms. The van der Waals surface area contributed by atoms with Gasteiger partial charge in [-0.25, -0.2) is 4.79 Å². The maximum Gasteiger partial charge on any atom is 0.341 e. The summed E-state index contributed by atoms with van der Waals surface area (Å²) in [7, 11) is 0. The number of carboxylic acids is 1. The van der Waals surface area contributed by atoms with Crippen molar-refractivity contribution in [3.8, 4) is 5.75 Å². The molecule has 0 saturated heterocycles. The smallest absolute Gasteiger partial charge is 0.341 e. The van der Waals surface area contributed by atoms with Crippen molar-refractivity contribution in [1.29, 1.82) is 0 Å². The van der Waals surface area contributed by atoms with E-state index >= 15 is 0 Å². The van der Waals surface area contributed by atoms with E-state index in [2.05, 4.69) is 0 Å². The summed E-state index contributed by atoms with van der Waals surface area (Å²) < 4.78 is 5.04. The van der Waals surface area contributed by atoms with Gasteiger partial charge in [0.05, 0.1) is 5.56 Å². The van der Waals surface area contributed by atoms with Crippen LogP contribution in [-0.4, -0.2) is 23.5 Å². The van der Waals surface area contributed by atoms with Gasteiger partial charge < -0.3 is 9.84 Å². The van der Waals surface area contributed by atoms with Crippen LogP contribution in [0.3, 0.4) is 0 Å². The fraction of sp³-hybridized carbons (Fsp3) is 0.333. The third-order valence-corrected chi connectivity index (χ3v) is 2.18. The molecule has 4 heteroatoms. The van der Waals surface area contributed by atoms with E-state index < -0.39 is 12.6 Å². The molecule has 86 valence electrons. The highest BCUT2D eigenvalue weighted by Gasteiger charge is 2.10.